The van der Waals surface area contributed by atoms with Gasteiger partial charge in [0, 0.05) is 25.6 Å². The molecular weight excluding hydrogens is 152 g/mol. The highest BCUT2D eigenvalue weighted by Crippen LogP contribution is 2.09. The molecule has 0 aromatic heterocycles. The number of hydrogen-bond acceptors (Lipinski definition) is 2. The van der Waals surface area contributed by atoms with E-state index in [0.717, 1.165) is 19.5 Å². The Hall–Kier alpha value is -0.570. The van der Waals surface area contributed by atoms with Crippen LogP contribution in [0.2, 0.25) is 0 Å². The largest absolute Gasteiger partial charge is 0.341 e. The zero-order valence-electron chi connectivity index (χ0n) is 8.13. The van der Waals surface area contributed by atoms with Crippen LogP contribution in [0.15, 0.2) is 0 Å². The molecule has 1 N–H and O–H groups in total. The molecule has 1 heterocycles. The fraction of sp³-hybridized carbons (Fsp3) is 0.889. The number of nitrogens with zero attached hydrogens (tertiary/aromatic N) is 1. The first kappa shape index (κ1) is 9.52. The molecule has 0 spiro atoms. The predicted octanol–water partition coefficient (Wildman–Crippen LogP) is 0.463. The third-order valence-corrected chi connectivity index (χ3v) is 2.42. The Kier molecular flexibility index (Phi) is 3.09. The first-order valence-corrected chi connectivity index (χ1v) is 4.60. The Bertz CT molecular complexity index is 162. The lowest BCUT2D eigenvalue weighted by Crippen LogP contribution is -2.40. The van der Waals surface area contributed by atoms with E-state index in [-0.39, 0.29) is 11.8 Å². The highest BCUT2D eigenvalue weighted by Gasteiger charge is 2.24. The average molecular weight is 170 g/mol. The van der Waals surface area contributed by atoms with E-state index in [2.05, 4.69) is 5.32 Å². The van der Waals surface area contributed by atoms with Crippen LogP contribution in [0.25, 0.3) is 0 Å². The minimum Gasteiger partial charge on any atom is -0.341 e. The van der Waals surface area contributed by atoms with Crippen LogP contribution in [-0.2, 0) is 4.79 Å². The lowest BCUT2D eigenvalue weighted by atomic mass is 10.1. The maximum absolute atomic E-state index is 11.5. The van der Waals surface area contributed by atoms with E-state index in [0.29, 0.717) is 6.04 Å². The van der Waals surface area contributed by atoms with E-state index < -0.39 is 0 Å². The molecular formula is C9H18N2O. The summed E-state index contributed by atoms with van der Waals surface area (Å²) in [5.74, 6) is 0.374. The zero-order chi connectivity index (χ0) is 9.14. The maximum Gasteiger partial charge on any atom is 0.225 e. The van der Waals surface area contributed by atoms with Crippen LogP contribution in [0.3, 0.4) is 0 Å². The monoisotopic (exact) mass is 170 g/mol. The fourth-order valence-electron chi connectivity index (χ4n) is 1.56. The van der Waals surface area contributed by atoms with Crippen molar-refractivity contribution < 1.29 is 4.79 Å². The smallest absolute Gasteiger partial charge is 0.225 e. The highest BCUT2D eigenvalue weighted by molar-refractivity contribution is 5.78. The van der Waals surface area contributed by atoms with E-state index in [9.17, 15) is 4.79 Å². The zero-order valence-corrected chi connectivity index (χ0v) is 8.13. The van der Waals surface area contributed by atoms with Gasteiger partial charge in [0.15, 0.2) is 0 Å². The third-order valence-electron chi connectivity index (χ3n) is 2.42. The Morgan fingerprint density at radius 2 is 2.25 bits per heavy atom. The standard InChI is InChI=1S/C9H18N2O/c1-7(2)9(12)11(3)8-4-5-10-6-8/h7-8,10H,4-6H2,1-3H3. The summed E-state index contributed by atoms with van der Waals surface area (Å²) in [6.45, 7) is 5.89. The van der Waals surface area contributed by atoms with Gasteiger partial charge in [-0.05, 0) is 13.0 Å². The SMILES string of the molecule is CC(C)C(=O)N(C)C1CCNC1. The van der Waals surface area contributed by atoms with Crippen molar-refractivity contribution in [1.29, 1.82) is 0 Å². The summed E-state index contributed by atoms with van der Waals surface area (Å²) in [6, 6.07) is 0.417. The Morgan fingerprint density at radius 3 is 2.67 bits per heavy atom. The van der Waals surface area contributed by atoms with Crippen LogP contribution in [0.5, 0.6) is 0 Å². The Balaban J connectivity index is 2.45. The molecule has 1 saturated heterocycles. The lowest BCUT2D eigenvalue weighted by Gasteiger charge is -2.25. The molecule has 1 amide bonds. The molecule has 0 aromatic rings. The second kappa shape index (κ2) is 3.90. The van der Waals surface area contributed by atoms with Crippen molar-refractivity contribution in [2.24, 2.45) is 5.92 Å². The van der Waals surface area contributed by atoms with E-state index in [1.807, 2.05) is 25.8 Å². The first-order valence-electron chi connectivity index (χ1n) is 4.60. The van der Waals surface area contributed by atoms with Crippen LogP contribution in [0, 0.1) is 5.92 Å². The minimum absolute atomic E-state index is 0.121. The van der Waals surface area contributed by atoms with Crippen LogP contribution < -0.4 is 5.32 Å². The molecule has 0 radical (unpaired) electrons. The summed E-state index contributed by atoms with van der Waals surface area (Å²) in [4.78, 5) is 13.4. The van der Waals surface area contributed by atoms with E-state index in [1.54, 1.807) is 0 Å². The van der Waals surface area contributed by atoms with Crippen molar-refractivity contribution in [2.45, 2.75) is 26.3 Å². The van der Waals surface area contributed by atoms with Crippen LogP contribution >= 0.6 is 0 Å². The molecule has 1 rings (SSSR count). The summed E-state index contributed by atoms with van der Waals surface area (Å²) in [5, 5.41) is 3.25. The summed E-state index contributed by atoms with van der Waals surface area (Å²) in [7, 11) is 1.90. The molecule has 12 heavy (non-hydrogen) atoms. The van der Waals surface area contributed by atoms with Crippen molar-refractivity contribution in [3.63, 3.8) is 0 Å². The molecule has 0 aromatic carbocycles. The topological polar surface area (TPSA) is 32.3 Å². The van der Waals surface area contributed by atoms with Crippen molar-refractivity contribution >= 4 is 5.91 Å². The lowest BCUT2D eigenvalue weighted by molar-refractivity contribution is -0.134. The van der Waals surface area contributed by atoms with Gasteiger partial charge in [0.05, 0.1) is 0 Å². The summed E-state index contributed by atoms with van der Waals surface area (Å²) in [5.41, 5.74) is 0. The quantitative estimate of drug-likeness (QED) is 0.653. The predicted molar refractivity (Wildman–Crippen MR) is 48.9 cm³/mol. The van der Waals surface area contributed by atoms with Gasteiger partial charge in [-0.3, -0.25) is 4.79 Å². The average Bonchev–Trinajstić information content (AvgIpc) is 2.53. The third kappa shape index (κ3) is 1.97. The summed E-state index contributed by atoms with van der Waals surface area (Å²) < 4.78 is 0. The number of carbonyl (C=O) groups is 1. The molecule has 1 aliphatic rings. The second-order valence-electron chi connectivity index (χ2n) is 3.75. The molecule has 1 unspecified atom stereocenters. The van der Waals surface area contributed by atoms with Gasteiger partial charge in [0.1, 0.15) is 0 Å². The normalized spacial score (nSPS) is 23.2. The molecule has 70 valence electrons. The van der Waals surface area contributed by atoms with Gasteiger partial charge in [0.2, 0.25) is 5.91 Å². The Morgan fingerprint density at radius 1 is 1.58 bits per heavy atom. The summed E-state index contributed by atoms with van der Waals surface area (Å²) in [6.07, 6.45) is 1.09. The molecule has 3 nitrogen and oxygen atoms in total. The van der Waals surface area contributed by atoms with Crippen molar-refractivity contribution in [3.8, 4) is 0 Å². The maximum atomic E-state index is 11.5. The van der Waals surface area contributed by atoms with Gasteiger partial charge in [-0.15, -0.1) is 0 Å². The van der Waals surface area contributed by atoms with Gasteiger partial charge < -0.3 is 10.2 Å². The van der Waals surface area contributed by atoms with Gasteiger partial charge >= 0.3 is 0 Å². The van der Waals surface area contributed by atoms with Gasteiger partial charge in [-0.1, -0.05) is 13.8 Å². The second-order valence-corrected chi connectivity index (χ2v) is 3.75. The molecule has 1 atom stereocenters. The van der Waals surface area contributed by atoms with Crippen molar-refractivity contribution in [1.82, 2.24) is 10.2 Å². The van der Waals surface area contributed by atoms with Crippen LogP contribution in [-0.4, -0.2) is 37.0 Å². The van der Waals surface area contributed by atoms with E-state index in [4.69, 9.17) is 0 Å². The fourth-order valence-corrected chi connectivity index (χ4v) is 1.56. The number of amides is 1. The van der Waals surface area contributed by atoms with Crippen LogP contribution in [0.1, 0.15) is 20.3 Å². The van der Waals surface area contributed by atoms with E-state index in [1.165, 1.54) is 0 Å². The number of nitrogens with one attached hydrogen (secondary N) is 1. The molecule has 0 aliphatic carbocycles. The molecule has 3 heteroatoms. The number of hydrogen-bond donors (Lipinski definition) is 1. The van der Waals surface area contributed by atoms with Gasteiger partial charge in [-0.2, -0.15) is 0 Å². The number of rotatable bonds is 2. The minimum atomic E-state index is 0.121. The van der Waals surface area contributed by atoms with Crippen LogP contribution in [0.4, 0.5) is 0 Å². The highest BCUT2D eigenvalue weighted by atomic mass is 16.2. The van der Waals surface area contributed by atoms with Gasteiger partial charge in [-0.25, -0.2) is 0 Å². The number of carbonyl (C=O) groups excluding carboxylic acids is 1. The Labute approximate surface area is 74.1 Å². The summed E-state index contributed by atoms with van der Waals surface area (Å²) >= 11 is 0. The molecule has 0 bridgehead atoms. The van der Waals surface area contributed by atoms with Gasteiger partial charge in [0.25, 0.3) is 0 Å². The van der Waals surface area contributed by atoms with Crippen molar-refractivity contribution in [3.05, 3.63) is 0 Å². The molecule has 0 saturated carbocycles. The molecule has 1 aliphatic heterocycles. The van der Waals surface area contributed by atoms with E-state index >= 15 is 0 Å². The van der Waals surface area contributed by atoms with Crippen molar-refractivity contribution in [2.75, 3.05) is 20.1 Å². The molecule has 1 fully saturated rings. The number of likely N-dealkylation sites (N-methyl/N-ethyl adjacent to an activating group) is 1. The first-order chi connectivity index (χ1) is 5.63.